The summed E-state index contributed by atoms with van der Waals surface area (Å²) in [6.45, 7) is 3.17. The van der Waals surface area contributed by atoms with E-state index in [4.69, 9.17) is 4.74 Å². The number of ether oxygens (including phenoxy) is 1. The number of carbonyl (C=O) groups is 1. The van der Waals surface area contributed by atoms with Crippen LogP contribution < -0.4 is 15.4 Å². The SMILES string of the molecule is Cc1c(C(=O)Nc2cccc(OCCF)c2)nnn1C1CCNCC1. The lowest BCUT2D eigenvalue weighted by molar-refractivity contribution is 0.102. The predicted octanol–water partition coefficient (Wildman–Crippen LogP) is 2.11. The van der Waals surface area contributed by atoms with Crippen LogP contribution in [0.1, 0.15) is 35.1 Å². The summed E-state index contributed by atoms with van der Waals surface area (Å²) < 4.78 is 19.3. The maximum absolute atomic E-state index is 12.5. The van der Waals surface area contributed by atoms with Crippen molar-refractivity contribution < 1.29 is 13.9 Å². The van der Waals surface area contributed by atoms with Crippen molar-refractivity contribution in [3.05, 3.63) is 35.7 Å². The minimum atomic E-state index is -0.560. The molecule has 1 aromatic carbocycles. The Bertz CT molecular complexity index is 728. The maximum Gasteiger partial charge on any atom is 0.278 e. The third-order valence-electron chi connectivity index (χ3n) is 4.23. The molecule has 134 valence electrons. The van der Waals surface area contributed by atoms with Crippen LogP contribution >= 0.6 is 0 Å². The number of amides is 1. The lowest BCUT2D eigenvalue weighted by Crippen LogP contribution is -2.30. The molecule has 0 unspecified atom stereocenters. The van der Waals surface area contributed by atoms with Crippen LogP contribution in [0.15, 0.2) is 24.3 Å². The summed E-state index contributed by atoms with van der Waals surface area (Å²) in [5.74, 6) is 0.186. The second kappa shape index (κ2) is 8.06. The van der Waals surface area contributed by atoms with E-state index >= 15 is 0 Å². The number of alkyl halides is 1. The van der Waals surface area contributed by atoms with Gasteiger partial charge in [0.1, 0.15) is 19.0 Å². The summed E-state index contributed by atoms with van der Waals surface area (Å²) in [7, 11) is 0. The number of rotatable bonds is 6. The topological polar surface area (TPSA) is 81.1 Å². The number of benzene rings is 1. The lowest BCUT2D eigenvalue weighted by atomic mass is 10.1. The van der Waals surface area contributed by atoms with Gasteiger partial charge < -0.3 is 15.4 Å². The van der Waals surface area contributed by atoms with E-state index in [-0.39, 0.29) is 18.6 Å². The van der Waals surface area contributed by atoms with Crippen LogP contribution in [-0.2, 0) is 0 Å². The van der Waals surface area contributed by atoms with Crippen LogP contribution in [0.25, 0.3) is 0 Å². The quantitative estimate of drug-likeness (QED) is 0.836. The number of anilines is 1. The Morgan fingerprint density at radius 1 is 1.44 bits per heavy atom. The summed E-state index contributed by atoms with van der Waals surface area (Å²) in [5, 5.41) is 14.3. The van der Waals surface area contributed by atoms with Gasteiger partial charge in [-0.25, -0.2) is 9.07 Å². The molecule has 7 nitrogen and oxygen atoms in total. The van der Waals surface area contributed by atoms with Crippen LogP contribution in [-0.4, -0.2) is 47.3 Å². The molecule has 1 aromatic heterocycles. The summed E-state index contributed by atoms with van der Waals surface area (Å²) in [6, 6.07) is 7.12. The molecule has 2 aromatic rings. The van der Waals surface area contributed by atoms with E-state index in [0.717, 1.165) is 31.6 Å². The molecule has 0 aliphatic carbocycles. The molecule has 8 heteroatoms. The number of piperidine rings is 1. The van der Waals surface area contributed by atoms with Crippen molar-refractivity contribution in [2.45, 2.75) is 25.8 Å². The van der Waals surface area contributed by atoms with E-state index in [1.165, 1.54) is 0 Å². The highest BCUT2D eigenvalue weighted by molar-refractivity contribution is 6.03. The standard InChI is InChI=1S/C17H22FN5O2/c1-12-16(21-22-23(12)14-5-8-19-9-6-14)17(24)20-13-3-2-4-15(11-13)25-10-7-18/h2-4,11,14,19H,5-10H2,1H3,(H,20,24). The number of nitrogens with zero attached hydrogens (tertiary/aromatic N) is 3. The van der Waals surface area contributed by atoms with E-state index in [0.29, 0.717) is 17.1 Å². The Morgan fingerprint density at radius 3 is 3.00 bits per heavy atom. The molecule has 2 heterocycles. The van der Waals surface area contributed by atoms with Crippen LogP contribution in [0, 0.1) is 6.92 Å². The molecule has 1 fully saturated rings. The first kappa shape index (κ1) is 17.3. The van der Waals surface area contributed by atoms with Crippen LogP contribution in [0.3, 0.4) is 0 Å². The third kappa shape index (κ3) is 4.14. The predicted molar refractivity (Wildman–Crippen MR) is 91.8 cm³/mol. The van der Waals surface area contributed by atoms with Gasteiger partial charge in [0, 0.05) is 11.8 Å². The number of aromatic nitrogens is 3. The van der Waals surface area contributed by atoms with Crippen molar-refractivity contribution >= 4 is 11.6 Å². The Balaban J connectivity index is 1.70. The average molecular weight is 347 g/mol. The summed E-state index contributed by atoms with van der Waals surface area (Å²) in [4.78, 5) is 12.5. The number of carbonyl (C=O) groups excluding carboxylic acids is 1. The van der Waals surface area contributed by atoms with Crippen LogP contribution in [0.2, 0.25) is 0 Å². The van der Waals surface area contributed by atoms with Crippen molar-refractivity contribution in [3.63, 3.8) is 0 Å². The molecule has 0 spiro atoms. The summed E-state index contributed by atoms with van der Waals surface area (Å²) in [6.07, 6.45) is 1.94. The van der Waals surface area contributed by atoms with E-state index in [1.807, 2.05) is 11.6 Å². The lowest BCUT2D eigenvalue weighted by Gasteiger charge is -2.23. The van der Waals surface area contributed by atoms with Crippen molar-refractivity contribution in [3.8, 4) is 5.75 Å². The molecule has 1 aliphatic heterocycles. The van der Waals surface area contributed by atoms with Crippen LogP contribution in [0.5, 0.6) is 5.75 Å². The van der Waals surface area contributed by atoms with Gasteiger partial charge in [-0.2, -0.15) is 0 Å². The van der Waals surface area contributed by atoms with Crippen molar-refractivity contribution in [1.29, 1.82) is 0 Å². The fourth-order valence-corrected chi connectivity index (χ4v) is 2.96. The maximum atomic E-state index is 12.5. The molecular formula is C17H22FN5O2. The highest BCUT2D eigenvalue weighted by Crippen LogP contribution is 2.22. The fourth-order valence-electron chi connectivity index (χ4n) is 2.96. The van der Waals surface area contributed by atoms with E-state index in [9.17, 15) is 9.18 Å². The van der Waals surface area contributed by atoms with Gasteiger partial charge >= 0.3 is 0 Å². The monoisotopic (exact) mass is 347 g/mol. The molecule has 0 saturated carbocycles. The van der Waals surface area contributed by atoms with Gasteiger partial charge in [-0.1, -0.05) is 11.3 Å². The second-order valence-corrected chi connectivity index (χ2v) is 5.97. The normalized spacial score (nSPS) is 15.1. The molecule has 0 atom stereocenters. The molecule has 25 heavy (non-hydrogen) atoms. The van der Waals surface area contributed by atoms with Crippen molar-refractivity contribution in [1.82, 2.24) is 20.3 Å². The molecule has 3 rings (SSSR count). The summed E-state index contributed by atoms with van der Waals surface area (Å²) >= 11 is 0. The highest BCUT2D eigenvalue weighted by Gasteiger charge is 2.23. The average Bonchev–Trinajstić information content (AvgIpc) is 3.02. The zero-order chi connectivity index (χ0) is 17.6. The molecular weight excluding hydrogens is 325 g/mol. The van der Waals surface area contributed by atoms with Gasteiger partial charge in [-0.15, -0.1) is 5.10 Å². The molecule has 0 bridgehead atoms. The van der Waals surface area contributed by atoms with E-state index in [2.05, 4.69) is 20.9 Å². The molecule has 0 radical (unpaired) electrons. The molecule has 1 saturated heterocycles. The first-order chi connectivity index (χ1) is 12.2. The van der Waals surface area contributed by atoms with E-state index in [1.54, 1.807) is 24.3 Å². The zero-order valence-electron chi connectivity index (χ0n) is 14.2. The van der Waals surface area contributed by atoms with E-state index < -0.39 is 6.67 Å². The zero-order valence-corrected chi connectivity index (χ0v) is 14.2. The van der Waals surface area contributed by atoms with Crippen LogP contribution in [0.4, 0.5) is 10.1 Å². The minimum Gasteiger partial charge on any atom is -0.491 e. The molecule has 1 amide bonds. The molecule has 2 N–H and O–H groups in total. The van der Waals surface area contributed by atoms with Gasteiger partial charge in [0.05, 0.1) is 11.7 Å². The van der Waals surface area contributed by atoms with Crippen molar-refractivity contribution in [2.75, 3.05) is 31.7 Å². The third-order valence-corrected chi connectivity index (χ3v) is 4.23. The fraction of sp³-hybridized carbons (Fsp3) is 0.471. The summed E-state index contributed by atoms with van der Waals surface area (Å²) in [5.41, 5.74) is 1.64. The Morgan fingerprint density at radius 2 is 2.24 bits per heavy atom. The van der Waals surface area contributed by atoms with Gasteiger partial charge in [0.15, 0.2) is 5.69 Å². The Kier molecular flexibility index (Phi) is 5.60. The molecule has 1 aliphatic rings. The first-order valence-corrected chi connectivity index (χ1v) is 8.41. The first-order valence-electron chi connectivity index (χ1n) is 8.41. The minimum absolute atomic E-state index is 0.0128. The largest absolute Gasteiger partial charge is 0.491 e. The van der Waals surface area contributed by atoms with Gasteiger partial charge in [0.25, 0.3) is 5.91 Å². The van der Waals surface area contributed by atoms with Crippen molar-refractivity contribution in [2.24, 2.45) is 0 Å². The van der Waals surface area contributed by atoms with Gasteiger partial charge in [-0.05, 0) is 45.0 Å². The Hall–Kier alpha value is -2.48. The number of hydrogen-bond acceptors (Lipinski definition) is 5. The highest BCUT2D eigenvalue weighted by atomic mass is 19.1. The van der Waals surface area contributed by atoms with Gasteiger partial charge in [-0.3, -0.25) is 4.79 Å². The number of nitrogens with one attached hydrogen (secondary N) is 2. The number of halogens is 1. The Labute approximate surface area is 145 Å². The second-order valence-electron chi connectivity index (χ2n) is 5.97. The number of hydrogen-bond donors (Lipinski definition) is 2. The smallest absolute Gasteiger partial charge is 0.278 e. The van der Waals surface area contributed by atoms with Gasteiger partial charge in [0.2, 0.25) is 0 Å².